The van der Waals surface area contributed by atoms with Crippen LogP contribution in [0, 0.1) is 0 Å². The van der Waals surface area contributed by atoms with E-state index in [2.05, 4.69) is 5.32 Å². The van der Waals surface area contributed by atoms with Crippen LogP contribution in [0.1, 0.15) is 44.2 Å². The number of carbonyl (C=O) groups is 2. The maximum absolute atomic E-state index is 12.1. The zero-order chi connectivity index (χ0) is 14.1. The smallest absolute Gasteiger partial charge is 0.268 e. The largest absolute Gasteiger partial charge is 0.397 e. The normalized spacial score (nSPS) is 11.6. The van der Waals surface area contributed by atoms with Gasteiger partial charge in [0.25, 0.3) is 5.91 Å². The SMILES string of the molecule is CC(C)n1cc(N)cc1C(=O)NC(C)(C)C(N)=O. The van der Waals surface area contributed by atoms with Gasteiger partial charge < -0.3 is 21.4 Å². The Bertz CT molecular complexity index is 474. The van der Waals surface area contributed by atoms with E-state index in [9.17, 15) is 9.59 Å². The standard InChI is InChI=1S/C12H20N4O2/c1-7(2)16-6-8(13)5-9(16)10(17)15-12(3,4)11(14)18/h5-7H,13H2,1-4H3,(H2,14,18)(H,15,17). The predicted molar refractivity (Wildman–Crippen MR) is 70.0 cm³/mol. The van der Waals surface area contributed by atoms with Crippen LogP contribution in [0.15, 0.2) is 12.3 Å². The Hall–Kier alpha value is -1.98. The highest BCUT2D eigenvalue weighted by atomic mass is 16.2. The van der Waals surface area contributed by atoms with Crippen LogP contribution in [-0.4, -0.2) is 21.9 Å². The number of primary amides is 1. The molecule has 0 bridgehead atoms. The molecule has 0 atom stereocenters. The van der Waals surface area contributed by atoms with Gasteiger partial charge in [0.05, 0.1) is 5.69 Å². The van der Waals surface area contributed by atoms with Crippen LogP contribution < -0.4 is 16.8 Å². The van der Waals surface area contributed by atoms with Crippen molar-refractivity contribution in [1.29, 1.82) is 0 Å². The number of nitrogens with one attached hydrogen (secondary N) is 1. The molecule has 0 saturated heterocycles. The van der Waals surface area contributed by atoms with Crippen molar-refractivity contribution in [2.45, 2.75) is 39.3 Å². The molecule has 1 aromatic heterocycles. The molecule has 6 heteroatoms. The van der Waals surface area contributed by atoms with Gasteiger partial charge in [-0.05, 0) is 33.8 Å². The van der Waals surface area contributed by atoms with E-state index >= 15 is 0 Å². The summed E-state index contributed by atoms with van der Waals surface area (Å²) >= 11 is 0. The van der Waals surface area contributed by atoms with E-state index in [1.165, 1.54) is 0 Å². The first-order chi connectivity index (χ1) is 8.15. The molecule has 1 heterocycles. The zero-order valence-corrected chi connectivity index (χ0v) is 11.2. The van der Waals surface area contributed by atoms with Crippen LogP contribution in [0.2, 0.25) is 0 Å². The second-order valence-electron chi connectivity index (χ2n) is 5.10. The lowest BCUT2D eigenvalue weighted by Gasteiger charge is -2.23. The Kier molecular flexibility index (Phi) is 3.69. The average Bonchev–Trinajstić information content (AvgIpc) is 2.59. The number of nitrogens with two attached hydrogens (primary N) is 2. The van der Waals surface area contributed by atoms with Crippen LogP contribution >= 0.6 is 0 Å². The van der Waals surface area contributed by atoms with Crippen molar-refractivity contribution in [2.75, 3.05) is 5.73 Å². The zero-order valence-electron chi connectivity index (χ0n) is 11.2. The fraction of sp³-hybridized carbons (Fsp3) is 0.500. The molecule has 0 aliphatic rings. The maximum atomic E-state index is 12.1. The van der Waals surface area contributed by atoms with Crippen molar-refractivity contribution in [3.05, 3.63) is 18.0 Å². The van der Waals surface area contributed by atoms with Crippen LogP contribution in [0.25, 0.3) is 0 Å². The topological polar surface area (TPSA) is 103 Å². The number of rotatable bonds is 4. The van der Waals surface area contributed by atoms with E-state index in [-0.39, 0.29) is 11.9 Å². The fourth-order valence-electron chi connectivity index (χ4n) is 1.52. The Morgan fingerprint density at radius 3 is 2.39 bits per heavy atom. The van der Waals surface area contributed by atoms with Crippen molar-refractivity contribution in [2.24, 2.45) is 5.73 Å². The van der Waals surface area contributed by atoms with Gasteiger partial charge in [0.15, 0.2) is 0 Å². The summed E-state index contributed by atoms with van der Waals surface area (Å²) in [5, 5.41) is 2.59. The van der Waals surface area contributed by atoms with E-state index < -0.39 is 11.4 Å². The molecule has 0 aliphatic heterocycles. The number of aromatic nitrogens is 1. The molecule has 0 aromatic carbocycles. The van der Waals surface area contributed by atoms with Crippen LogP contribution in [0.4, 0.5) is 5.69 Å². The molecule has 0 unspecified atom stereocenters. The van der Waals surface area contributed by atoms with Gasteiger partial charge in [-0.15, -0.1) is 0 Å². The summed E-state index contributed by atoms with van der Waals surface area (Å²) < 4.78 is 1.75. The minimum absolute atomic E-state index is 0.0970. The monoisotopic (exact) mass is 252 g/mol. The fourth-order valence-corrected chi connectivity index (χ4v) is 1.52. The Morgan fingerprint density at radius 2 is 1.94 bits per heavy atom. The second-order valence-corrected chi connectivity index (χ2v) is 5.10. The number of amides is 2. The molecule has 0 saturated carbocycles. The average molecular weight is 252 g/mol. The third-order valence-corrected chi connectivity index (χ3v) is 2.70. The predicted octanol–water partition coefficient (Wildman–Crippen LogP) is 0.645. The lowest BCUT2D eigenvalue weighted by atomic mass is 10.1. The summed E-state index contributed by atoms with van der Waals surface area (Å²) in [4.78, 5) is 23.3. The summed E-state index contributed by atoms with van der Waals surface area (Å²) in [5.74, 6) is -0.962. The molecular weight excluding hydrogens is 232 g/mol. The van der Waals surface area contributed by atoms with Gasteiger partial charge in [-0.25, -0.2) is 0 Å². The Balaban J connectivity index is 3.02. The summed E-state index contributed by atoms with van der Waals surface area (Å²) in [6, 6.07) is 1.67. The van der Waals surface area contributed by atoms with Crippen molar-refractivity contribution < 1.29 is 9.59 Å². The molecule has 18 heavy (non-hydrogen) atoms. The minimum atomic E-state index is -1.10. The molecule has 0 fully saturated rings. The van der Waals surface area contributed by atoms with E-state index in [4.69, 9.17) is 11.5 Å². The van der Waals surface area contributed by atoms with Crippen LogP contribution in [0.5, 0.6) is 0 Å². The summed E-state index contributed by atoms with van der Waals surface area (Å²) in [5.41, 5.74) is 10.7. The van der Waals surface area contributed by atoms with Gasteiger partial charge >= 0.3 is 0 Å². The molecule has 2 amide bonds. The highest BCUT2D eigenvalue weighted by Gasteiger charge is 2.28. The first-order valence-corrected chi connectivity index (χ1v) is 5.75. The quantitative estimate of drug-likeness (QED) is 0.732. The third-order valence-electron chi connectivity index (χ3n) is 2.70. The van der Waals surface area contributed by atoms with E-state index in [1.807, 2.05) is 13.8 Å². The molecule has 1 rings (SSSR count). The maximum Gasteiger partial charge on any atom is 0.268 e. The van der Waals surface area contributed by atoms with E-state index in [1.54, 1.807) is 30.7 Å². The number of nitrogens with zero attached hydrogens (tertiary/aromatic N) is 1. The Morgan fingerprint density at radius 1 is 1.39 bits per heavy atom. The van der Waals surface area contributed by atoms with Gasteiger partial charge in [-0.2, -0.15) is 0 Å². The summed E-state index contributed by atoms with van der Waals surface area (Å²) in [6.07, 6.45) is 1.69. The highest BCUT2D eigenvalue weighted by molar-refractivity contribution is 5.98. The van der Waals surface area contributed by atoms with Crippen molar-refractivity contribution >= 4 is 17.5 Å². The first kappa shape index (κ1) is 14.1. The van der Waals surface area contributed by atoms with Crippen LogP contribution in [-0.2, 0) is 4.79 Å². The number of nitrogen functional groups attached to an aromatic ring is 1. The minimum Gasteiger partial charge on any atom is -0.397 e. The summed E-state index contributed by atoms with van der Waals surface area (Å²) in [6.45, 7) is 6.99. The molecule has 1 aromatic rings. The molecule has 0 spiro atoms. The van der Waals surface area contributed by atoms with Crippen LogP contribution in [0.3, 0.4) is 0 Å². The van der Waals surface area contributed by atoms with Gasteiger partial charge in [-0.1, -0.05) is 0 Å². The summed E-state index contributed by atoms with van der Waals surface area (Å²) in [7, 11) is 0. The molecule has 0 aliphatic carbocycles. The lowest BCUT2D eigenvalue weighted by Crippen LogP contribution is -2.53. The van der Waals surface area contributed by atoms with Crippen molar-refractivity contribution in [3.63, 3.8) is 0 Å². The van der Waals surface area contributed by atoms with E-state index in [0.29, 0.717) is 11.4 Å². The van der Waals surface area contributed by atoms with Crippen molar-refractivity contribution in [3.8, 4) is 0 Å². The number of hydrogen-bond donors (Lipinski definition) is 3. The molecular formula is C12H20N4O2. The first-order valence-electron chi connectivity index (χ1n) is 5.75. The Labute approximate surface area is 106 Å². The van der Waals surface area contributed by atoms with Gasteiger partial charge in [0.1, 0.15) is 11.2 Å². The lowest BCUT2D eigenvalue weighted by molar-refractivity contribution is -0.122. The van der Waals surface area contributed by atoms with Gasteiger partial charge in [-0.3, -0.25) is 9.59 Å². The van der Waals surface area contributed by atoms with E-state index in [0.717, 1.165) is 0 Å². The number of hydrogen-bond acceptors (Lipinski definition) is 3. The molecule has 6 nitrogen and oxygen atoms in total. The van der Waals surface area contributed by atoms with Gasteiger partial charge in [0, 0.05) is 12.2 Å². The van der Waals surface area contributed by atoms with Crippen molar-refractivity contribution in [1.82, 2.24) is 9.88 Å². The number of anilines is 1. The highest BCUT2D eigenvalue weighted by Crippen LogP contribution is 2.17. The third kappa shape index (κ3) is 2.82. The van der Waals surface area contributed by atoms with Gasteiger partial charge in [0.2, 0.25) is 5.91 Å². The molecule has 100 valence electrons. The second kappa shape index (κ2) is 4.72. The molecule has 5 N–H and O–H groups in total. The molecule has 0 radical (unpaired) electrons. The number of carbonyl (C=O) groups excluding carboxylic acids is 2.